The first-order chi connectivity index (χ1) is 14.6. The second kappa shape index (κ2) is 8.90. The summed E-state index contributed by atoms with van der Waals surface area (Å²) in [5, 5.41) is 11.7. The summed E-state index contributed by atoms with van der Waals surface area (Å²) in [5.41, 5.74) is 2.70. The lowest BCUT2D eigenvalue weighted by Gasteiger charge is -2.31. The third-order valence-corrected chi connectivity index (χ3v) is 5.37. The number of amides is 1. The van der Waals surface area contributed by atoms with Crippen molar-refractivity contribution >= 4 is 17.5 Å². The zero-order chi connectivity index (χ0) is 20.9. The van der Waals surface area contributed by atoms with Crippen molar-refractivity contribution in [1.82, 2.24) is 15.2 Å². The van der Waals surface area contributed by atoms with Gasteiger partial charge in [-0.15, -0.1) is 10.2 Å². The number of carbonyl (C=O) groups excluding carboxylic acids is 1. The summed E-state index contributed by atoms with van der Waals surface area (Å²) in [7, 11) is 1.65. The number of anilines is 2. The molecular formula is C23H25N5O2. The fourth-order valence-corrected chi connectivity index (χ4v) is 3.62. The van der Waals surface area contributed by atoms with Crippen molar-refractivity contribution in [3.05, 3.63) is 60.3 Å². The van der Waals surface area contributed by atoms with Gasteiger partial charge in [-0.05, 0) is 68.3 Å². The van der Waals surface area contributed by atoms with Crippen molar-refractivity contribution in [3.8, 4) is 17.0 Å². The molecule has 1 aliphatic heterocycles. The molecule has 30 heavy (non-hydrogen) atoms. The molecule has 154 valence electrons. The summed E-state index contributed by atoms with van der Waals surface area (Å²) in [5.74, 6) is 2.28. The summed E-state index contributed by atoms with van der Waals surface area (Å²) in [4.78, 5) is 19.1. The van der Waals surface area contributed by atoms with Gasteiger partial charge in [-0.1, -0.05) is 6.07 Å². The number of pyridine rings is 1. The van der Waals surface area contributed by atoms with Gasteiger partial charge in [0.05, 0.1) is 12.8 Å². The third-order valence-electron chi connectivity index (χ3n) is 5.37. The van der Waals surface area contributed by atoms with Crippen molar-refractivity contribution in [1.29, 1.82) is 0 Å². The number of aryl methyl sites for hydroxylation is 1. The maximum atomic E-state index is 12.6. The molecule has 0 atom stereocenters. The highest BCUT2D eigenvalue weighted by molar-refractivity contribution is 5.91. The molecule has 0 unspecified atom stereocenters. The van der Waals surface area contributed by atoms with Gasteiger partial charge in [-0.2, -0.15) is 0 Å². The van der Waals surface area contributed by atoms with Crippen LogP contribution in [-0.2, 0) is 4.79 Å². The van der Waals surface area contributed by atoms with Gasteiger partial charge < -0.3 is 15.0 Å². The van der Waals surface area contributed by atoms with Crippen LogP contribution in [0.4, 0.5) is 11.6 Å². The van der Waals surface area contributed by atoms with E-state index in [0.29, 0.717) is 5.82 Å². The van der Waals surface area contributed by atoms with Gasteiger partial charge in [0, 0.05) is 30.3 Å². The number of methoxy groups -OCH3 is 1. The number of nitrogens with zero attached hydrogens (tertiary/aromatic N) is 4. The van der Waals surface area contributed by atoms with Crippen molar-refractivity contribution < 1.29 is 9.53 Å². The van der Waals surface area contributed by atoms with Crippen LogP contribution >= 0.6 is 0 Å². The number of aromatic nitrogens is 3. The molecule has 3 aromatic rings. The van der Waals surface area contributed by atoms with Gasteiger partial charge in [0.2, 0.25) is 5.91 Å². The molecule has 3 heterocycles. The molecule has 1 saturated heterocycles. The maximum Gasteiger partial charge on any atom is 0.228 e. The van der Waals surface area contributed by atoms with E-state index in [0.717, 1.165) is 54.4 Å². The summed E-state index contributed by atoms with van der Waals surface area (Å²) in [6, 6.07) is 17.4. The lowest BCUT2D eigenvalue weighted by Crippen LogP contribution is -2.38. The third kappa shape index (κ3) is 4.56. The molecule has 1 amide bonds. The molecule has 0 spiro atoms. The van der Waals surface area contributed by atoms with Crippen LogP contribution in [0.3, 0.4) is 0 Å². The van der Waals surface area contributed by atoms with E-state index in [4.69, 9.17) is 4.74 Å². The molecule has 0 radical (unpaired) electrons. The normalized spacial score (nSPS) is 14.4. The number of piperidine rings is 1. The highest BCUT2D eigenvalue weighted by atomic mass is 16.5. The van der Waals surface area contributed by atoms with Crippen molar-refractivity contribution in [2.75, 3.05) is 30.4 Å². The average Bonchev–Trinajstić information content (AvgIpc) is 2.79. The van der Waals surface area contributed by atoms with Gasteiger partial charge in [0.25, 0.3) is 0 Å². The minimum absolute atomic E-state index is 0.0184. The van der Waals surface area contributed by atoms with Gasteiger partial charge in [0.15, 0.2) is 5.82 Å². The predicted molar refractivity (Wildman–Crippen MR) is 117 cm³/mol. The first-order valence-corrected chi connectivity index (χ1v) is 10.1. The molecule has 0 bridgehead atoms. The molecule has 1 aromatic carbocycles. The van der Waals surface area contributed by atoms with Crippen molar-refractivity contribution in [3.63, 3.8) is 0 Å². The van der Waals surface area contributed by atoms with Crippen LogP contribution in [0.5, 0.6) is 5.75 Å². The number of benzene rings is 1. The minimum Gasteiger partial charge on any atom is -0.497 e. The molecule has 1 N–H and O–H groups in total. The van der Waals surface area contributed by atoms with E-state index in [1.165, 1.54) is 0 Å². The first-order valence-electron chi connectivity index (χ1n) is 10.1. The van der Waals surface area contributed by atoms with E-state index >= 15 is 0 Å². The Morgan fingerprint density at radius 2 is 1.80 bits per heavy atom. The van der Waals surface area contributed by atoms with Crippen LogP contribution in [0.15, 0.2) is 54.6 Å². The van der Waals surface area contributed by atoms with E-state index in [9.17, 15) is 4.79 Å². The topological polar surface area (TPSA) is 80.2 Å². The van der Waals surface area contributed by atoms with E-state index in [1.54, 1.807) is 7.11 Å². The Morgan fingerprint density at radius 1 is 1.03 bits per heavy atom. The molecule has 7 heteroatoms. The standard InChI is InChI=1S/C23H25N5O2/c1-16-4-3-5-21(24-16)25-23(29)18-12-14-28(15-13-18)22-11-10-20(26-27-22)17-6-8-19(30-2)9-7-17/h3-11,18H,12-15H2,1-2H3,(H,24,25,29). The zero-order valence-electron chi connectivity index (χ0n) is 17.2. The Balaban J connectivity index is 1.34. The Labute approximate surface area is 176 Å². The fraction of sp³-hybridized carbons (Fsp3) is 0.304. The van der Waals surface area contributed by atoms with Crippen LogP contribution in [-0.4, -0.2) is 41.3 Å². The fourth-order valence-electron chi connectivity index (χ4n) is 3.62. The van der Waals surface area contributed by atoms with Gasteiger partial charge in [-0.3, -0.25) is 4.79 Å². The van der Waals surface area contributed by atoms with Crippen molar-refractivity contribution in [2.45, 2.75) is 19.8 Å². The Kier molecular flexibility index (Phi) is 5.88. The van der Waals surface area contributed by atoms with E-state index in [1.807, 2.05) is 61.5 Å². The summed E-state index contributed by atoms with van der Waals surface area (Å²) in [6.07, 6.45) is 1.55. The van der Waals surface area contributed by atoms with Crippen LogP contribution in [0.25, 0.3) is 11.3 Å². The highest BCUT2D eigenvalue weighted by Gasteiger charge is 2.26. The van der Waals surface area contributed by atoms with Crippen molar-refractivity contribution in [2.24, 2.45) is 5.92 Å². The minimum atomic E-state index is -0.0184. The molecule has 2 aromatic heterocycles. The molecular weight excluding hydrogens is 378 g/mol. The Bertz CT molecular complexity index is 997. The number of nitrogens with one attached hydrogen (secondary N) is 1. The van der Waals surface area contributed by atoms with Crippen LogP contribution in [0, 0.1) is 12.8 Å². The van der Waals surface area contributed by atoms with E-state index in [2.05, 4.69) is 25.4 Å². The van der Waals surface area contributed by atoms with E-state index in [-0.39, 0.29) is 11.8 Å². The quantitative estimate of drug-likeness (QED) is 0.700. The van der Waals surface area contributed by atoms with Gasteiger partial charge >= 0.3 is 0 Å². The second-order valence-electron chi connectivity index (χ2n) is 7.42. The molecule has 4 rings (SSSR count). The molecule has 0 aliphatic carbocycles. The van der Waals surface area contributed by atoms with Crippen LogP contribution in [0.2, 0.25) is 0 Å². The monoisotopic (exact) mass is 403 g/mol. The molecule has 7 nitrogen and oxygen atoms in total. The molecule has 1 aliphatic rings. The highest BCUT2D eigenvalue weighted by Crippen LogP contribution is 2.25. The summed E-state index contributed by atoms with van der Waals surface area (Å²) >= 11 is 0. The summed E-state index contributed by atoms with van der Waals surface area (Å²) in [6.45, 7) is 3.46. The lowest BCUT2D eigenvalue weighted by molar-refractivity contribution is -0.120. The second-order valence-corrected chi connectivity index (χ2v) is 7.42. The zero-order valence-corrected chi connectivity index (χ0v) is 17.2. The number of ether oxygens (including phenoxy) is 1. The Hall–Kier alpha value is -3.48. The lowest BCUT2D eigenvalue weighted by atomic mass is 9.96. The average molecular weight is 403 g/mol. The first kappa shape index (κ1) is 19.8. The number of rotatable bonds is 5. The van der Waals surface area contributed by atoms with Gasteiger partial charge in [-0.25, -0.2) is 4.98 Å². The number of hydrogen-bond donors (Lipinski definition) is 1. The smallest absolute Gasteiger partial charge is 0.228 e. The largest absolute Gasteiger partial charge is 0.497 e. The van der Waals surface area contributed by atoms with Gasteiger partial charge in [0.1, 0.15) is 11.6 Å². The van der Waals surface area contributed by atoms with Crippen LogP contribution in [0.1, 0.15) is 18.5 Å². The molecule has 1 fully saturated rings. The summed E-state index contributed by atoms with van der Waals surface area (Å²) < 4.78 is 5.19. The van der Waals surface area contributed by atoms with Crippen LogP contribution < -0.4 is 15.0 Å². The Morgan fingerprint density at radius 3 is 2.43 bits per heavy atom. The number of carbonyl (C=O) groups is 1. The van der Waals surface area contributed by atoms with E-state index < -0.39 is 0 Å². The number of hydrogen-bond acceptors (Lipinski definition) is 6. The maximum absolute atomic E-state index is 12.6. The SMILES string of the molecule is COc1ccc(-c2ccc(N3CCC(C(=O)Nc4cccc(C)n4)CC3)nn2)cc1. The predicted octanol–water partition coefficient (Wildman–Crippen LogP) is 3.71. The molecule has 0 saturated carbocycles.